The van der Waals surface area contributed by atoms with Crippen LogP contribution in [0.15, 0.2) is 0 Å². The molecule has 0 aliphatic heterocycles. The first-order valence-corrected chi connectivity index (χ1v) is 4.58. The van der Waals surface area contributed by atoms with Gasteiger partial charge in [0.25, 0.3) is 0 Å². The molecule has 0 aliphatic carbocycles. The van der Waals surface area contributed by atoms with Gasteiger partial charge in [-0.3, -0.25) is 0 Å². The van der Waals surface area contributed by atoms with Gasteiger partial charge in [-0.1, -0.05) is 34.6 Å². The molecule has 0 atom stereocenters. The summed E-state index contributed by atoms with van der Waals surface area (Å²) in [7, 11) is 0. The molecular formula is C8H18S. The van der Waals surface area contributed by atoms with Gasteiger partial charge in [-0.2, -0.15) is 11.8 Å². The van der Waals surface area contributed by atoms with Crippen LogP contribution in [0, 0.1) is 5.41 Å². The Morgan fingerprint density at radius 2 is 1.67 bits per heavy atom. The molecule has 0 aliphatic rings. The summed E-state index contributed by atoms with van der Waals surface area (Å²) in [6.45, 7) is 11.3. The van der Waals surface area contributed by atoms with Crippen molar-refractivity contribution in [2.24, 2.45) is 5.41 Å². The second-order valence-corrected chi connectivity index (χ2v) is 5.49. The molecule has 0 saturated heterocycles. The lowest BCUT2D eigenvalue weighted by Crippen LogP contribution is -2.10. The molecule has 0 aromatic carbocycles. The topological polar surface area (TPSA) is 0 Å². The highest BCUT2D eigenvalue weighted by atomic mass is 32.2. The fourth-order valence-corrected chi connectivity index (χ4v) is 1.25. The summed E-state index contributed by atoms with van der Waals surface area (Å²) >= 11 is 2.04. The lowest BCUT2D eigenvalue weighted by atomic mass is 10.0. The van der Waals surface area contributed by atoms with Crippen LogP contribution >= 0.6 is 11.8 Å². The maximum absolute atomic E-state index is 2.28. The molecule has 0 spiro atoms. The average molecular weight is 146 g/mol. The summed E-state index contributed by atoms with van der Waals surface area (Å²) in [6, 6.07) is 0. The van der Waals surface area contributed by atoms with Gasteiger partial charge in [-0.05, 0) is 16.4 Å². The Morgan fingerprint density at radius 3 is 1.78 bits per heavy atom. The van der Waals surface area contributed by atoms with Crippen LogP contribution in [-0.4, -0.2) is 11.0 Å². The molecule has 0 aromatic heterocycles. The first-order chi connectivity index (χ1) is 3.92. The average Bonchev–Trinajstić information content (AvgIpc) is 1.59. The highest BCUT2D eigenvalue weighted by Crippen LogP contribution is 2.22. The lowest BCUT2D eigenvalue weighted by Gasteiger charge is -2.18. The van der Waals surface area contributed by atoms with Crippen molar-refractivity contribution in [2.45, 2.75) is 39.9 Å². The van der Waals surface area contributed by atoms with E-state index in [1.807, 2.05) is 11.8 Å². The summed E-state index contributed by atoms with van der Waals surface area (Å²) in [5.74, 6) is 1.27. The third kappa shape index (κ3) is 8.35. The van der Waals surface area contributed by atoms with Crippen LogP contribution in [0.3, 0.4) is 0 Å². The van der Waals surface area contributed by atoms with Crippen LogP contribution in [0.4, 0.5) is 0 Å². The van der Waals surface area contributed by atoms with Crippen LogP contribution in [0.2, 0.25) is 0 Å². The summed E-state index contributed by atoms with van der Waals surface area (Å²) in [6.07, 6.45) is 0. The van der Waals surface area contributed by atoms with Crippen molar-refractivity contribution in [3.05, 3.63) is 0 Å². The third-order valence-electron chi connectivity index (χ3n) is 0.850. The number of thioether (sulfide) groups is 1. The summed E-state index contributed by atoms with van der Waals surface area (Å²) in [4.78, 5) is 0. The molecule has 1 heteroatoms. The normalized spacial score (nSPS) is 12.7. The maximum Gasteiger partial charge on any atom is -0.000948 e. The molecule has 0 heterocycles. The SMILES string of the molecule is CC(C)SCC(C)(C)C. The zero-order valence-electron chi connectivity index (χ0n) is 7.19. The summed E-state index contributed by atoms with van der Waals surface area (Å²) in [5.41, 5.74) is 0.495. The van der Waals surface area contributed by atoms with Gasteiger partial charge in [0.05, 0.1) is 0 Å². The molecule has 0 radical (unpaired) electrons. The van der Waals surface area contributed by atoms with Gasteiger partial charge in [0, 0.05) is 0 Å². The van der Waals surface area contributed by atoms with E-state index in [1.165, 1.54) is 5.75 Å². The molecule has 0 bridgehead atoms. The zero-order valence-corrected chi connectivity index (χ0v) is 8.01. The molecule has 0 aromatic rings. The lowest BCUT2D eigenvalue weighted by molar-refractivity contribution is 0.480. The van der Waals surface area contributed by atoms with Crippen molar-refractivity contribution < 1.29 is 0 Å². The smallest absolute Gasteiger partial charge is 0.000948 e. The van der Waals surface area contributed by atoms with Crippen molar-refractivity contribution in [3.8, 4) is 0 Å². The summed E-state index contributed by atoms with van der Waals surface area (Å²) in [5, 5.41) is 0.782. The Labute approximate surface area is 63.4 Å². The van der Waals surface area contributed by atoms with Crippen molar-refractivity contribution in [3.63, 3.8) is 0 Å². The van der Waals surface area contributed by atoms with Crippen LogP contribution in [-0.2, 0) is 0 Å². The second kappa shape index (κ2) is 3.50. The molecule has 56 valence electrons. The molecule has 0 fully saturated rings. The van der Waals surface area contributed by atoms with Gasteiger partial charge in [-0.25, -0.2) is 0 Å². The number of hydrogen-bond acceptors (Lipinski definition) is 1. The Kier molecular flexibility index (Phi) is 3.64. The monoisotopic (exact) mass is 146 g/mol. The van der Waals surface area contributed by atoms with Gasteiger partial charge in [0.2, 0.25) is 0 Å². The van der Waals surface area contributed by atoms with Crippen molar-refractivity contribution >= 4 is 11.8 Å². The molecule has 0 saturated carbocycles. The van der Waals surface area contributed by atoms with Gasteiger partial charge in [0.1, 0.15) is 0 Å². The Morgan fingerprint density at radius 1 is 1.22 bits per heavy atom. The van der Waals surface area contributed by atoms with Gasteiger partial charge < -0.3 is 0 Å². The van der Waals surface area contributed by atoms with Gasteiger partial charge in [-0.15, -0.1) is 0 Å². The molecule has 9 heavy (non-hydrogen) atoms. The van der Waals surface area contributed by atoms with Crippen LogP contribution in [0.1, 0.15) is 34.6 Å². The fraction of sp³-hybridized carbons (Fsp3) is 1.00. The Balaban J connectivity index is 3.28. The molecule has 0 amide bonds. The van der Waals surface area contributed by atoms with Crippen molar-refractivity contribution in [1.29, 1.82) is 0 Å². The first kappa shape index (κ1) is 9.35. The van der Waals surface area contributed by atoms with E-state index in [9.17, 15) is 0 Å². The zero-order chi connectivity index (χ0) is 7.49. The van der Waals surface area contributed by atoms with E-state index in [0.717, 1.165) is 5.25 Å². The first-order valence-electron chi connectivity index (χ1n) is 3.53. The minimum Gasteiger partial charge on any atom is -0.159 e. The predicted octanol–water partition coefficient (Wildman–Crippen LogP) is 3.17. The predicted molar refractivity (Wildman–Crippen MR) is 47.0 cm³/mol. The molecular weight excluding hydrogens is 128 g/mol. The van der Waals surface area contributed by atoms with Crippen LogP contribution < -0.4 is 0 Å². The molecule has 0 rings (SSSR count). The van der Waals surface area contributed by atoms with Gasteiger partial charge in [0.15, 0.2) is 0 Å². The minimum absolute atomic E-state index is 0.495. The molecule has 0 nitrogen and oxygen atoms in total. The van der Waals surface area contributed by atoms with E-state index in [0.29, 0.717) is 5.41 Å². The highest BCUT2D eigenvalue weighted by Gasteiger charge is 2.10. The van der Waals surface area contributed by atoms with Crippen LogP contribution in [0.5, 0.6) is 0 Å². The standard InChI is InChI=1S/C8H18S/c1-7(2)9-6-8(3,4)5/h7H,6H2,1-5H3. The fourth-order valence-electron chi connectivity index (χ4n) is 0.417. The summed E-state index contributed by atoms with van der Waals surface area (Å²) < 4.78 is 0. The largest absolute Gasteiger partial charge is 0.159 e. The maximum atomic E-state index is 2.28. The minimum atomic E-state index is 0.495. The van der Waals surface area contributed by atoms with Crippen molar-refractivity contribution in [1.82, 2.24) is 0 Å². The van der Waals surface area contributed by atoms with Crippen molar-refractivity contribution in [2.75, 3.05) is 5.75 Å². The quantitative estimate of drug-likeness (QED) is 0.576. The number of rotatable bonds is 2. The van der Waals surface area contributed by atoms with Gasteiger partial charge >= 0.3 is 0 Å². The van der Waals surface area contributed by atoms with E-state index in [2.05, 4.69) is 34.6 Å². The Bertz CT molecular complexity index is 69.1. The van der Waals surface area contributed by atoms with E-state index in [1.54, 1.807) is 0 Å². The third-order valence-corrected chi connectivity index (χ3v) is 2.55. The Hall–Kier alpha value is 0.350. The van der Waals surface area contributed by atoms with Crippen LogP contribution in [0.25, 0.3) is 0 Å². The van der Waals surface area contributed by atoms with E-state index >= 15 is 0 Å². The van der Waals surface area contributed by atoms with E-state index in [-0.39, 0.29) is 0 Å². The highest BCUT2D eigenvalue weighted by molar-refractivity contribution is 7.99. The molecule has 0 N–H and O–H groups in total. The number of hydrogen-bond donors (Lipinski definition) is 0. The molecule has 0 unspecified atom stereocenters. The van der Waals surface area contributed by atoms with E-state index < -0.39 is 0 Å². The van der Waals surface area contributed by atoms with E-state index in [4.69, 9.17) is 0 Å². The second-order valence-electron chi connectivity index (χ2n) is 3.92.